The normalized spacial score (nSPS) is 14.6. The number of carbonyl (C=O) groups excluding carboxylic acids is 2. The topological polar surface area (TPSA) is 207 Å². The van der Waals surface area contributed by atoms with E-state index in [1.807, 2.05) is 0 Å². The Labute approximate surface area is 255 Å². The van der Waals surface area contributed by atoms with Crippen LogP contribution in [-0.4, -0.2) is 97.7 Å². The minimum absolute atomic E-state index is 0.0588. The third-order valence-corrected chi connectivity index (χ3v) is 7.50. The molecule has 1 atom stereocenters. The summed E-state index contributed by atoms with van der Waals surface area (Å²) in [5.74, 6) is 0. The fourth-order valence-corrected chi connectivity index (χ4v) is 5.09. The number of aromatic nitrogens is 2. The number of carbonyl (C=O) groups is 2. The van der Waals surface area contributed by atoms with Crippen LogP contribution in [0, 0.1) is 0 Å². The first-order valence-corrected chi connectivity index (χ1v) is 16.0. The maximum atomic E-state index is 12.8. The lowest BCUT2D eigenvalue weighted by Gasteiger charge is -2.21. The van der Waals surface area contributed by atoms with Gasteiger partial charge in [0.05, 0.1) is 43.3 Å². The number of nitrogens with one attached hydrogen (secondary N) is 2. The minimum atomic E-state index is -4.51. The number of urea groups is 1. The van der Waals surface area contributed by atoms with Crippen molar-refractivity contribution in [3.8, 4) is 0 Å². The van der Waals surface area contributed by atoms with E-state index in [9.17, 15) is 14.2 Å². The Balaban J connectivity index is 0.000000456. The number of amides is 2. The van der Waals surface area contributed by atoms with Gasteiger partial charge in [-0.2, -0.15) is 9.78 Å². The molecule has 44 heavy (non-hydrogen) atoms. The number of hydrogen-bond donors (Lipinski definition) is 7. The number of fused-ring (bicyclic) bond motifs is 2. The van der Waals surface area contributed by atoms with Crippen LogP contribution in [0.5, 0.6) is 0 Å². The number of ether oxygens (including phenoxy) is 1. The van der Waals surface area contributed by atoms with Gasteiger partial charge in [0, 0.05) is 25.0 Å². The van der Waals surface area contributed by atoms with Crippen molar-refractivity contribution in [3.05, 3.63) is 59.3 Å². The molecule has 1 heterocycles. The summed E-state index contributed by atoms with van der Waals surface area (Å²) >= 11 is 0. The molecule has 14 nitrogen and oxygen atoms in total. The number of aryl methyl sites for hydroxylation is 1. The van der Waals surface area contributed by atoms with Crippen molar-refractivity contribution in [2.24, 2.45) is 0 Å². The van der Waals surface area contributed by atoms with E-state index in [1.165, 1.54) is 17.3 Å². The van der Waals surface area contributed by atoms with Gasteiger partial charge in [-0.1, -0.05) is 45.0 Å². The predicted octanol–water partition coefficient (Wildman–Crippen LogP) is 2.53. The zero-order chi connectivity index (χ0) is 32.5. The van der Waals surface area contributed by atoms with Crippen molar-refractivity contribution in [1.82, 2.24) is 20.0 Å². The lowest BCUT2D eigenvalue weighted by atomic mass is 9.85. The number of hydrogen-bond acceptors (Lipinski definition) is 9. The molecular weight excluding hydrogens is 593 g/mol. The molecule has 0 fully saturated rings. The van der Waals surface area contributed by atoms with Gasteiger partial charge in [0.1, 0.15) is 0 Å². The first-order valence-electron chi connectivity index (χ1n) is 14.2. The molecule has 0 bridgehead atoms. The van der Waals surface area contributed by atoms with E-state index in [4.69, 9.17) is 25.1 Å². The van der Waals surface area contributed by atoms with Crippen LogP contribution in [0.2, 0.25) is 0 Å². The second kappa shape index (κ2) is 15.6. The summed E-state index contributed by atoms with van der Waals surface area (Å²) < 4.78 is 16.5. The van der Waals surface area contributed by atoms with E-state index in [0.29, 0.717) is 36.2 Å². The number of benzene rings is 2. The van der Waals surface area contributed by atoms with Crippen molar-refractivity contribution >= 4 is 36.3 Å². The van der Waals surface area contributed by atoms with Crippen LogP contribution in [0.15, 0.2) is 42.6 Å². The average Bonchev–Trinajstić information content (AvgIpc) is 3.56. The Morgan fingerprint density at radius 2 is 1.73 bits per heavy atom. The highest BCUT2D eigenvalue weighted by Crippen LogP contribution is 2.35. The maximum Gasteiger partial charge on any atom is 0.435 e. The molecule has 0 spiro atoms. The summed E-state index contributed by atoms with van der Waals surface area (Å²) in [6.07, 6.45) is 1.00. The Kier molecular flexibility index (Phi) is 12.4. The standard InChI is InChI=1S/C23H27N4O6P.C6H15NO3/c1-23(2,3)15-8-9-16-14(11-15)7-10-19(16)26-21(28)25-18-5-4-6-20-17(18)12-24-27(20)22(29)33-13-34(30,31)32;8-4-1-7(2-5-9)3-6-10/h4-6,8-9,11-12,19H,7,10,13H2,1-3H3,(H2,25,26,28)(H2,30,31,32);8-10H,1-6H2/t19-;/m1./s1. The van der Waals surface area contributed by atoms with Crippen LogP contribution in [-0.2, 0) is 21.1 Å². The quantitative estimate of drug-likeness (QED) is 0.161. The molecule has 7 N–H and O–H groups in total. The fraction of sp³-hybridized carbons (Fsp3) is 0.483. The molecule has 0 saturated carbocycles. The monoisotopic (exact) mass is 635 g/mol. The van der Waals surface area contributed by atoms with Crippen molar-refractivity contribution in [3.63, 3.8) is 0 Å². The zero-order valence-corrected chi connectivity index (χ0v) is 26.0. The van der Waals surface area contributed by atoms with Gasteiger partial charge in [-0.15, -0.1) is 0 Å². The van der Waals surface area contributed by atoms with Gasteiger partial charge in [0.15, 0.2) is 6.35 Å². The van der Waals surface area contributed by atoms with E-state index in [1.54, 1.807) is 23.1 Å². The van der Waals surface area contributed by atoms with E-state index < -0.39 is 20.0 Å². The smallest absolute Gasteiger partial charge is 0.435 e. The van der Waals surface area contributed by atoms with E-state index in [-0.39, 0.29) is 37.3 Å². The summed E-state index contributed by atoms with van der Waals surface area (Å²) in [6, 6.07) is 10.8. The lowest BCUT2D eigenvalue weighted by molar-refractivity contribution is 0.136. The minimum Gasteiger partial charge on any atom is -0.435 e. The Morgan fingerprint density at radius 1 is 1.07 bits per heavy atom. The third-order valence-electron chi connectivity index (χ3n) is 7.03. The van der Waals surface area contributed by atoms with Gasteiger partial charge < -0.3 is 40.5 Å². The largest absolute Gasteiger partial charge is 0.435 e. The Morgan fingerprint density at radius 3 is 2.32 bits per heavy atom. The van der Waals surface area contributed by atoms with Crippen molar-refractivity contribution < 1.29 is 44.0 Å². The van der Waals surface area contributed by atoms with Crippen LogP contribution in [0.1, 0.15) is 49.9 Å². The molecule has 3 aromatic rings. The summed E-state index contributed by atoms with van der Waals surface area (Å²) in [4.78, 5) is 44.5. The van der Waals surface area contributed by atoms with Gasteiger partial charge in [-0.05, 0) is 47.1 Å². The molecule has 0 saturated heterocycles. The highest BCUT2D eigenvalue weighted by Gasteiger charge is 2.26. The third kappa shape index (κ3) is 9.83. The molecule has 2 aromatic carbocycles. The van der Waals surface area contributed by atoms with E-state index in [0.717, 1.165) is 23.1 Å². The second-order valence-corrected chi connectivity index (χ2v) is 13.0. The zero-order valence-electron chi connectivity index (χ0n) is 25.1. The van der Waals surface area contributed by atoms with Crippen LogP contribution >= 0.6 is 7.60 Å². The first-order chi connectivity index (χ1) is 20.8. The predicted molar refractivity (Wildman–Crippen MR) is 165 cm³/mol. The summed E-state index contributed by atoms with van der Waals surface area (Å²) in [6.45, 7) is 8.27. The molecule has 0 unspecified atom stereocenters. The van der Waals surface area contributed by atoms with Gasteiger partial charge in [0.25, 0.3) is 0 Å². The van der Waals surface area contributed by atoms with Gasteiger partial charge in [-0.25, -0.2) is 9.59 Å². The van der Waals surface area contributed by atoms with Crippen LogP contribution in [0.25, 0.3) is 10.9 Å². The van der Waals surface area contributed by atoms with E-state index >= 15 is 0 Å². The SMILES string of the molecule is CC(C)(C)c1ccc2c(c1)CC[C@H]2NC(=O)Nc1cccc2c1cnn2C(=O)OCP(=O)(O)O.OCCN(CCO)CCO. The number of nitrogens with zero attached hydrogens (tertiary/aromatic N) is 3. The summed E-state index contributed by atoms with van der Waals surface area (Å²) in [5.41, 5.74) is 4.44. The molecule has 1 aliphatic carbocycles. The first kappa shape index (κ1) is 35.1. The summed E-state index contributed by atoms with van der Waals surface area (Å²) in [5, 5.41) is 35.7. The van der Waals surface area contributed by atoms with Crippen molar-refractivity contribution in [1.29, 1.82) is 0 Å². The number of aliphatic hydroxyl groups excluding tert-OH is 3. The number of rotatable bonds is 10. The van der Waals surface area contributed by atoms with Gasteiger partial charge in [0.2, 0.25) is 0 Å². The highest BCUT2D eigenvalue weighted by atomic mass is 31.2. The second-order valence-electron chi connectivity index (χ2n) is 11.4. The van der Waals surface area contributed by atoms with Crippen LogP contribution in [0.3, 0.4) is 0 Å². The molecule has 1 aromatic heterocycles. The molecular formula is C29H42N5O9P. The van der Waals surface area contributed by atoms with Crippen molar-refractivity contribution in [2.75, 3.05) is 51.1 Å². The van der Waals surface area contributed by atoms with Gasteiger partial charge >= 0.3 is 19.7 Å². The maximum absolute atomic E-state index is 12.8. The van der Waals surface area contributed by atoms with E-state index in [2.05, 4.69) is 59.4 Å². The average molecular weight is 636 g/mol. The molecule has 4 rings (SSSR count). The Hall–Kier alpha value is -3.36. The van der Waals surface area contributed by atoms with Crippen molar-refractivity contribution in [2.45, 2.75) is 45.1 Å². The molecule has 2 amide bonds. The molecule has 242 valence electrons. The van der Waals surface area contributed by atoms with Crippen LogP contribution in [0.4, 0.5) is 15.3 Å². The fourth-order valence-electron chi connectivity index (χ4n) is 4.82. The molecule has 0 radical (unpaired) electrons. The molecule has 15 heteroatoms. The number of anilines is 1. The van der Waals surface area contributed by atoms with Crippen LogP contribution < -0.4 is 10.6 Å². The molecule has 0 aliphatic heterocycles. The number of aliphatic hydroxyl groups is 3. The molecule has 1 aliphatic rings. The summed E-state index contributed by atoms with van der Waals surface area (Å²) in [7, 11) is -4.51. The highest BCUT2D eigenvalue weighted by molar-refractivity contribution is 7.51. The lowest BCUT2D eigenvalue weighted by Crippen LogP contribution is -2.32. The van der Waals surface area contributed by atoms with Gasteiger partial charge in [-0.3, -0.25) is 9.46 Å². The Bertz CT molecular complexity index is 1450.